The Morgan fingerprint density at radius 1 is 1.43 bits per heavy atom. The van der Waals surface area contributed by atoms with E-state index in [4.69, 9.17) is 26.8 Å². The van der Waals surface area contributed by atoms with Gasteiger partial charge >= 0.3 is 0 Å². The van der Waals surface area contributed by atoms with Crippen LogP contribution < -0.4 is 20.5 Å². The van der Waals surface area contributed by atoms with Crippen molar-refractivity contribution in [1.29, 1.82) is 0 Å². The maximum atomic E-state index is 10.8. The number of anilines is 1. The van der Waals surface area contributed by atoms with Gasteiger partial charge in [0.05, 0.1) is 24.0 Å². The molecule has 2 aromatic rings. The van der Waals surface area contributed by atoms with Crippen molar-refractivity contribution >= 4 is 23.2 Å². The minimum absolute atomic E-state index is 0.261. The third-order valence-corrected chi connectivity index (χ3v) is 3.45. The molecule has 6 nitrogen and oxygen atoms in total. The lowest BCUT2D eigenvalue weighted by Crippen LogP contribution is -2.20. The number of hydrogen-bond acceptors (Lipinski definition) is 5. The number of amides is 1. The van der Waals surface area contributed by atoms with Gasteiger partial charge in [0.1, 0.15) is 0 Å². The Bertz CT molecular complexity index is 707. The fourth-order valence-corrected chi connectivity index (χ4v) is 2.29. The highest BCUT2D eigenvalue weighted by Gasteiger charge is 2.13. The number of aromatic nitrogens is 1. The molecule has 1 aromatic carbocycles. The van der Waals surface area contributed by atoms with Crippen LogP contribution in [0.2, 0.25) is 5.02 Å². The molecule has 7 heteroatoms. The predicted octanol–water partition coefficient (Wildman–Crippen LogP) is 2.53. The van der Waals surface area contributed by atoms with Crippen molar-refractivity contribution in [3.8, 4) is 11.5 Å². The van der Waals surface area contributed by atoms with Crippen LogP contribution in [0.1, 0.15) is 11.1 Å². The first-order valence-corrected chi connectivity index (χ1v) is 7.31. The fraction of sp³-hybridized carbons (Fsp3) is 0.250. The number of primary amides is 1. The number of ether oxygens (including phenoxy) is 2. The predicted molar refractivity (Wildman–Crippen MR) is 89.0 cm³/mol. The van der Waals surface area contributed by atoms with Crippen molar-refractivity contribution in [2.75, 3.05) is 19.0 Å². The molecule has 0 atom stereocenters. The van der Waals surface area contributed by atoms with Crippen LogP contribution in [-0.4, -0.2) is 24.6 Å². The van der Waals surface area contributed by atoms with E-state index in [1.807, 2.05) is 13.0 Å². The van der Waals surface area contributed by atoms with E-state index in [2.05, 4.69) is 10.3 Å². The minimum atomic E-state index is -0.582. The van der Waals surface area contributed by atoms with Gasteiger partial charge in [-0.1, -0.05) is 11.6 Å². The summed E-state index contributed by atoms with van der Waals surface area (Å²) in [5, 5.41) is 3.64. The smallest absolute Gasteiger partial charge is 0.255 e. The lowest BCUT2D eigenvalue weighted by atomic mass is 10.2. The van der Waals surface area contributed by atoms with Gasteiger partial charge in [-0.15, -0.1) is 0 Å². The molecule has 122 valence electrons. The third kappa shape index (κ3) is 4.50. The van der Waals surface area contributed by atoms with E-state index < -0.39 is 5.91 Å². The fourth-order valence-electron chi connectivity index (χ4n) is 2.01. The first-order valence-electron chi connectivity index (χ1n) is 6.93. The molecule has 0 fully saturated rings. The number of nitrogens with two attached hydrogens (primary N) is 1. The van der Waals surface area contributed by atoms with E-state index in [0.717, 1.165) is 16.8 Å². The highest BCUT2D eigenvalue weighted by Crippen LogP contribution is 2.36. The summed E-state index contributed by atoms with van der Waals surface area (Å²) in [7, 11) is 1.51. The van der Waals surface area contributed by atoms with Crippen LogP contribution >= 0.6 is 11.6 Å². The maximum Gasteiger partial charge on any atom is 0.255 e. The van der Waals surface area contributed by atoms with Crippen LogP contribution in [0.15, 0.2) is 30.6 Å². The summed E-state index contributed by atoms with van der Waals surface area (Å²) in [6, 6.07) is 5.47. The monoisotopic (exact) mass is 335 g/mol. The summed E-state index contributed by atoms with van der Waals surface area (Å²) < 4.78 is 10.6. The van der Waals surface area contributed by atoms with Crippen LogP contribution in [0.25, 0.3) is 0 Å². The van der Waals surface area contributed by atoms with Crippen molar-refractivity contribution in [2.24, 2.45) is 5.73 Å². The summed E-state index contributed by atoms with van der Waals surface area (Å²) in [6.45, 7) is 2.28. The zero-order chi connectivity index (χ0) is 16.8. The lowest BCUT2D eigenvalue weighted by Gasteiger charge is -2.14. The number of halogens is 1. The SMILES string of the molecule is COc1cc(CNc2cnccc2C)cc(Cl)c1OCC(N)=O. The second-order valence-electron chi connectivity index (χ2n) is 4.91. The van der Waals surface area contributed by atoms with Crippen molar-refractivity contribution < 1.29 is 14.3 Å². The quantitative estimate of drug-likeness (QED) is 0.812. The van der Waals surface area contributed by atoms with E-state index in [9.17, 15) is 4.79 Å². The molecule has 0 radical (unpaired) electrons. The van der Waals surface area contributed by atoms with E-state index in [-0.39, 0.29) is 6.61 Å². The van der Waals surface area contributed by atoms with Gasteiger partial charge in [-0.05, 0) is 36.2 Å². The number of nitrogens with zero attached hydrogens (tertiary/aromatic N) is 1. The maximum absolute atomic E-state index is 10.8. The summed E-state index contributed by atoms with van der Waals surface area (Å²) in [6.07, 6.45) is 3.50. The molecule has 1 amide bonds. The molecule has 0 aliphatic rings. The number of carbonyl (C=O) groups is 1. The van der Waals surface area contributed by atoms with Crippen LogP contribution in [-0.2, 0) is 11.3 Å². The molecule has 2 rings (SSSR count). The number of nitrogens with one attached hydrogen (secondary N) is 1. The van der Waals surface area contributed by atoms with Crippen molar-refractivity contribution in [1.82, 2.24) is 4.98 Å². The zero-order valence-electron chi connectivity index (χ0n) is 12.9. The van der Waals surface area contributed by atoms with E-state index >= 15 is 0 Å². The van der Waals surface area contributed by atoms with Crippen molar-refractivity contribution in [3.63, 3.8) is 0 Å². The molecule has 0 bridgehead atoms. The summed E-state index contributed by atoms with van der Waals surface area (Å²) in [4.78, 5) is 14.9. The van der Waals surface area contributed by atoms with Crippen molar-refractivity contribution in [3.05, 3.63) is 46.7 Å². The second-order valence-corrected chi connectivity index (χ2v) is 5.32. The topological polar surface area (TPSA) is 86.5 Å². The molecule has 0 aliphatic carbocycles. The standard InChI is InChI=1S/C16H18ClN3O3/c1-10-3-4-19-8-13(10)20-7-11-5-12(17)16(14(6-11)22-2)23-9-15(18)21/h3-6,8,20H,7,9H2,1-2H3,(H2,18,21). The molecule has 1 aromatic heterocycles. The second kappa shape index (κ2) is 7.69. The van der Waals surface area contributed by atoms with Crippen LogP contribution in [0.4, 0.5) is 5.69 Å². The first kappa shape index (κ1) is 16.9. The van der Waals surface area contributed by atoms with E-state index in [0.29, 0.717) is 23.1 Å². The zero-order valence-corrected chi connectivity index (χ0v) is 13.7. The van der Waals surface area contributed by atoms with Gasteiger partial charge in [-0.2, -0.15) is 0 Å². The molecule has 0 spiro atoms. The van der Waals surface area contributed by atoms with Crippen molar-refractivity contribution in [2.45, 2.75) is 13.5 Å². The van der Waals surface area contributed by atoms with Crippen LogP contribution in [0, 0.1) is 6.92 Å². The Morgan fingerprint density at radius 2 is 2.22 bits per heavy atom. The number of methoxy groups -OCH3 is 1. The average molecular weight is 336 g/mol. The summed E-state index contributed by atoms with van der Waals surface area (Å²) in [5.74, 6) is 0.161. The minimum Gasteiger partial charge on any atom is -0.493 e. The molecule has 1 heterocycles. The Morgan fingerprint density at radius 3 is 2.87 bits per heavy atom. The summed E-state index contributed by atoms with van der Waals surface area (Å²) in [5.41, 5.74) is 8.02. The molecule has 3 N–H and O–H groups in total. The van der Waals surface area contributed by atoms with Gasteiger partial charge in [0.2, 0.25) is 0 Å². The Kier molecular flexibility index (Phi) is 5.65. The number of rotatable bonds is 7. The molecule has 0 unspecified atom stereocenters. The Hall–Kier alpha value is -2.47. The largest absolute Gasteiger partial charge is 0.493 e. The molecule has 0 saturated carbocycles. The number of benzene rings is 1. The number of carbonyl (C=O) groups excluding carboxylic acids is 1. The molecule has 0 aliphatic heterocycles. The highest BCUT2D eigenvalue weighted by molar-refractivity contribution is 6.32. The Labute approximate surface area is 139 Å². The van der Waals surface area contributed by atoms with E-state index in [1.165, 1.54) is 7.11 Å². The van der Waals surface area contributed by atoms with Gasteiger partial charge in [-0.25, -0.2) is 0 Å². The molecular formula is C16H18ClN3O3. The number of aryl methyl sites for hydroxylation is 1. The van der Waals surface area contributed by atoms with E-state index in [1.54, 1.807) is 24.5 Å². The van der Waals surface area contributed by atoms with Gasteiger partial charge in [0.25, 0.3) is 5.91 Å². The molecular weight excluding hydrogens is 318 g/mol. The molecule has 0 saturated heterocycles. The summed E-state index contributed by atoms with van der Waals surface area (Å²) >= 11 is 6.21. The number of hydrogen-bond donors (Lipinski definition) is 2. The van der Waals surface area contributed by atoms with Gasteiger partial charge in [0, 0.05) is 12.7 Å². The number of pyridine rings is 1. The first-order chi connectivity index (χ1) is 11.0. The Balaban J connectivity index is 2.16. The van der Waals surface area contributed by atoms with Gasteiger partial charge in [0.15, 0.2) is 18.1 Å². The van der Waals surface area contributed by atoms with Gasteiger partial charge < -0.3 is 20.5 Å². The third-order valence-electron chi connectivity index (χ3n) is 3.17. The lowest BCUT2D eigenvalue weighted by molar-refractivity contribution is -0.119. The average Bonchev–Trinajstić information content (AvgIpc) is 2.52. The van der Waals surface area contributed by atoms with Gasteiger partial charge in [-0.3, -0.25) is 9.78 Å². The highest BCUT2D eigenvalue weighted by atomic mass is 35.5. The normalized spacial score (nSPS) is 10.2. The van der Waals surface area contributed by atoms with Crippen LogP contribution in [0.3, 0.4) is 0 Å². The molecule has 23 heavy (non-hydrogen) atoms. The van der Waals surface area contributed by atoms with Crippen LogP contribution in [0.5, 0.6) is 11.5 Å².